The molecule has 0 unspecified atom stereocenters. The second-order valence-electron chi connectivity index (χ2n) is 9.18. The average Bonchev–Trinajstić information content (AvgIpc) is 3.56. The number of nitrogens with zero attached hydrogens (tertiary/aromatic N) is 3. The molecular formula is C26H23F3N4O2S. The molecule has 3 aromatic rings. The van der Waals surface area contributed by atoms with Crippen LogP contribution in [0.1, 0.15) is 30.2 Å². The molecule has 186 valence electrons. The van der Waals surface area contributed by atoms with Gasteiger partial charge < -0.3 is 15.2 Å². The zero-order valence-corrected chi connectivity index (χ0v) is 20.5. The van der Waals surface area contributed by atoms with Gasteiger partial charge in [-0.1, -0.05) is 17.7 Å². The number of halogens is 3. The summed E-state index contributed by atoms with van der Waals surface area (Å²) in [6.45, 7) is 2.22. The molecule has 6 nitrogen and oxygen atoms in total. The fourth-order valence-corrected chi connectivity index (χ4v) is 6.54. The molecule has 0 radical (unpaired) electrons. The van der Waals surface area contributed by atoms with E-state index in [-0.39, 0.29) is 40.2 Å². The Morgan fingerprint density at radius 1 is 1.19 bits per heavy atom. The SMILES string of the molecule is C#CCOc1cnc2c(Cc3cc(F)c(F)c([C@@]4(C)N=C(N)S[C@@]5(COC)C[C@H]54)c3)ncc(F)c2c1. The van der Waals surface area contributed by atoms with Crippen LogP contribution in [0.4, 0.5) is 13.2 Å². The highest BCUT2D eigenvalue weighted by atomic mass is 32.2. The third-order valence-electron chi connectivity index (χ3n) is 6.80. The van der Waals surface area contributed by atoms with E-state index in [1.165, 1.54) is 24.0 Å². The minimum absolute atomic E-state index is 0.0152. The lowest BCUT2D eigenvalue weighted by Gasteiger charge is -2.34. The number of terminal acetylenes is 1. The van der Waals surface area contributed by atoms with Gasteiger partial charge in [0.15, 0.2) is 22.6 Å². The maximum Gasteiger partial charge on any atom is 0.164 e. The highest BCUT2D eigenvalue weighted by Gasteiger charge is 2.66. The van der Waals surface area contributed by atoms with Crippen LogP contribution in [0.15, 0.2) is 35.6 Å². The smallest absolute Gasteiger partial charge is 0.164 e. The lowest BCUT2D eigenvalue weighted by atomic mass is 9.84. The Kier molecular flexibility index (Phi) is 6.09. The van der Waals surface area contributed by atoms with Crippen molar-refractivity contribution in [2.45, 2.75) is 30.1 Å². The zero-order chi connectivity index (χ0) is 25.7. The lowest BCUT2D eigenvalue weighted by Crippen LogP contribution is -2.38. The van der Waals surface area contributed by atoms with Gasteiger partial charge in [-0.3, -0.25) is 15.0 Å². The standard InChI is InChI=1S/C26H23F3N4O2S/c1-4-5-35-15-9-16-19(28)12-31-20(23(16)32-11-15)8-14-6-17(22(29)18(27)7-14)25(2)21-10-26(21,13-34-3)36-24(30)33-25/h1,6-7,9,11-12,21H,5,8,10,13H2,2-3H3,(H2,30,33)/t21-,25+,26+/m0/s1. The molecule has 1 aliphatic heterocycles. The first kappa shape index (κ1) is 24.4. The molecule has 0 spiro atoms. The summed E-state index contributed by atoms with van der Waals surface area (Å²) < 4.78 is 55.0. The van der Waals surface area contributed by atoms with Crippen molar-refractivity contribution in [3.63, 3.8) is 0 Å². The summed E-state index contributed by atoms with van der Waals surface area (Å²) >= 11 is 1.42. The van der Waals surface area contributed by atoms with Crippen molar-refractivity contribution in [2.75, 3.05) is 20.3 Å². The number of ether oxygens (including phenoxy) is 2. The van der Waals surface area contributed by atoms with Gasteiger partial charge >= 0.3 is 0 Å². The summed E-state index contributed by atoms with van der Waals surface area (Å²) in [5, 5.41) is 0.500. The maximum absolute atomic E-state index is 15.2. The van der Waals surface area contributed by atoms with Gasteiger partial charge in [-0.2, -0.15) is 0 Å². The molecular weight excluding hydrogens is 489 g/mol. The van der Waals surface area contributed by atoms with E-state index in [2.05, 4.69) is 20.9 Å². The van der Waals surface area contributed by atoms with Crippen molar-refractivity contribution in [3.8, 4) is 18.1 Å². The Labute approximate surface area is 210 Å². The van der Waals surface area contributed by atoms with Gasteiger partial charge in [-0.05, 0) is 37.1 Å². The third kappa shape index (κ3) is 4.06. The predicted molar refractivity (Wildman–Crippen MR) is 132 cm³/mol. The molecule has 2 aromatic heterocycles. The van der Waals surface area contributed by atoms with Gasteiger partial charge in [0.05, 0.1) is 40.5 Å². The van der Waals surface area contributed by atoms with Crippen LogP contribution < -0.4 is 10.5 Å². The molecule has 0 amide bonds. The summed E-state index contributed by atoms with van der Waals surface area (Å²) in [6, 6.07) is 4.18. The fourth-order valence-electron chi connectivity index (χ4n) is 5.09. The molecule has 1 fully saturated rings. The first-order valence-electron chi connectivity index (χ1n) is 11.2. The largest absolute Gasteiger partial charge is 0.479 e. The van der Waals surface area contributed by atoms with Gasteiger partial charge in [-0.15, -0.1) is 6.42 Å². The zero-order valence-electron chi connectivity index (χ0n) is 19.6. The number of fused-ring (bicyclic) bond motifs is 2. The van der Waals surface area contributed by atoms with Gasteiger partial charge in [-0.25, -0.2) is 13.2 Å². The van der Waals surface area contributed by atoms with Crippen molar-refractivity contribution in [1.82, 2.24) is 9.97 Å². The van der Waals surface area contributed by atoms with E-state index < -0.39 is 23.0 Å². The van der Waals surface area contributed by atoms with Gasteiger partial charge in [0.25, 0.3) is 0 Å². The number of thioether (sulfide) groups is 1. The topological polar surface area (TPSA) is 82.6 Å². The van der Waals surface area contributed by atoms with Crippen molar-refractivity contribution in [2.24, 2.45) is 16.6 Å². The number of rotatable bonds is 7. The Morgan fingerprint density at radius 3 is 2.75 bits per heavy atom. The molecule has 1 aliphatic carbocycles. The molecule has 0 bridgehead atoms. The first-order chi connectivity index (χ1) is 17.2. The predicted octanol–water partition coefficient (Wildman–Crippen LogP) is 4.33. The van der Waals surface area contributed by atoms with Crippen LogP contribution in [0.3, 0.4) is 0 Å². The number of benzene rings is 1. The summed E-state index contributed by atoms with van der Waals surface area (Å²) in [6.07, 6.45) is 8.51. The summed E-state index contributed by atoms with van der Waals surface area (Å²) in [4.78, 5) is 13.0. The molecule has 0 saturated heterocycles. The van der Waals surface area contributed by atoms with Gasteiger partial charge in [0.2, 0.25) is 0 Å². The quantitative estimate of drug-likeness (QED) is 0.475. The number of aliphatic imine (C=N–C) groups is 1. The van der Waals surface area contributed by atoms with E-state index in [0.717, 1.165) is 18.7 Å². The van der Waals surface area contributed by atoms with Crippen LogP contribution in [0, 0.1) is 35.7 Å². The van der Waals surface area contributed by atoms with E-state index in [0.29, 0.717) is 28.8 Å². The number of aromatic nitrogens is 2. The summed E-state index contributed by atoms with van der Waals surface area (Å²) in [5.74, 6) is 0.0315. The second-order valence-corrected chi connectivity index (χ2v) is 10.6. The Morgan fingerprint density at radius 2 is 2.00 bits per heavy atom. The molecule has 2 aliphatic rings. The van der Waals surface area contributed by atoms with Gasteiger partial charge in [0.1, 0.15) is 12.4 Å². The average molecular weight is 513 g/mol. The summed E-state index contributed by atoms with van der Waals surface area (Å²) in [7, 11) is 1.60. The van der Waals surface area contributed by atoms with Crippen molar-refractivity contribution < 1.29 is 22.6 Å². The number of nitrogens with two attached hydrogens (primary N) is 1. The van der Waals surface area contributed by atoms with E-state index in [4.69, 9.17) is 21.6 Å². The van der Waals surface area contributed by atoms with E-state index in [9.17, 15) is 8.78 Å². The molecule has 1 aromatic carbocycles. The molecule has 36 heavy (non-hydrogen) atoms. The maximum atomic E-state index is 15.2. The van der Waals surface area contributed by atoms with Crippen LogP contribution in [0.2, 0.25) is 0 Å². The monoisotopic (exact) mass is 512 g/mol. The second kappa shape index (κ2) is 8.98. The van der Waals surface area contributed by atoms with E-state index >= 15 is 4.39 Å². The van der Waals surface area contributed by atoms with Gasteiger partial charge in [0, 0.05) is 30.4 Å². The highest BCUT2D eigenvalue weighted by Crippen LogP contribution is 2.66. The van der Waals surface area contributed by atoms with Crippen LogP contribution in [0.25, 0.3) is 10.9 Å². The number of hydrogen-bond donors (Lipinski definition) is 1. The number of pyridine rings is 2. The number of amidine groups is 1. The fraction of sp³-hybridized carbons (Fsp3) is 0.346. The molecule has 2 N–H and O–H groups in total. The molecule has 3 atom stereocenters. The third-order valence-corrected chi connectivity index (χ3v) is 8.07. The number of hydrogen-bond acceptors (Lipinski definition) is 7. The van der Waals surface area contributed by atoms with E-state index in [1.807, 2.05) is 0 Å². The molecule has 1 saturated carbocycles. The van der Waals surface area contributed by atoms with Crippen molar-refractivity contribution in [3.05, 3.63) is 64.9 Å². The van der Waals surface area contributed by atoms with Crippen molar-refractivity contribution in [1.29, 1.82) is 0 Å². The van der Waals surface area contributed by atoms with Crippen molar-refractivity contribution >= 4 is 27.8 Å². The van der Waals surface area contributed by atoms with Crippen LogP contribution in [-0.2, 0) is 16.7 Å². The van der Waals surface area contributed by atoms with Crippen LogP contribution in [-0.4, -0.2) is 40.2 Å². The minimum Gasteiger partial charge on any atom is -0.479 e. The highest BCUT2D eigenvalue weighted by molar-refractivity contribution is 8.15. The minimum atomic E-state index is -1.06. The lowest BCUT2D eigenvalue weighted by molar-refractivity contribution is 0.184. The molecule has 5 rings (SSSR count). The Hall–Kier alpha value is -3.29. The van der Waals surface area contributed by atoms with Crippen LogP contribution >= 0.6 is 11.8 Å². The van der Waals surface area contributed by atoms with E-state index in [1.54, 1.807) is 20.1 Å². The number of methoxy groups -OCH3 is 1. The molecule has 3 heterocycles. The Balaban J connectivity index is 1.54. The molecule has 10 heteroatoms. The summed E-state index contributed by atoms with van der Waals surface area (Å²) in [5.41, 5.74) is 6.31. The van der Waals surface area contributed by atoms with Crippen LogP contribution in [0.5, 0.6) is 5.75 Å². The first-order valence-corrected chi connectivity index (χ1v) is 12.0. The normalized spacial score (nSPS) is 24.7. The Bertz CT molecular complexity index is 1440.